The fourth-order valence-corrected chi connectivity index (χ4v) is 2.06. The van der Waals surface area contributed by atoms with Crippen molar-refractivity contribution in [2.45, 2.75) is 6.92 Å². The van der Waals surface area contributed by atoms with Gasteiger partial charge in [0.15, 0.2) is 0 Å². The molecule has 0 radical (unpaired) electrons. The summed E-state index contributed by atoms with van der Waals surface area (Å²) in [5.41, 5.74) is 4.12. The molecule has 15 heavy (non-hydrogen) atoms. The molecule has 1 aromatic carbocycles. The number of H-pyrrole nitrogens is 1. The van der Waals surface area contributed by atoms with Crippen molar-refractivity contribution in [1.82, 2.24) is 10.2 Å². The lowest BCUT2D eigenvalue weighted by molar-refractivity contribution is 1.05. The zero-order valence-corrected chi connectivity index (χ0v) is 10.2. The molecule has 78 valence electrons. The molecule has 0 amide bonds. The zero-order chi connectivity index (χ0) is 10.8. The number of halogens is 1. The van der Waals surface area contributed by atoms with Gasteiger partial charge in [0.2, 0.25) is 0 Å². The van der Waals surface area contributed by atoms with Crippen molar-refractivity contribution in [3.8, 4) is 11.3 Å². The Hall–Kier alpha value is -1.29. The van der Waals surface area contributed by atoms with Crippen molar-refractivity contribution in [1.29, 1.82) is 0 Å². The van der Waals surface area contributed by atoms with Gasteiger partial charge >= 0.3 is 0 Å². The molecule has 3 nitrogen and oxygen atoms in total. The second-order valence-electron chi connectivity index (χ2n) is 3.30. The number of hydrogen-bond acceptors (Lipinski definition) is 2. The van der Waals surface area contributed by atoms with E-state index in [0.29, 0.717) is 0 Å². The van der Waals surface area contributed by atoms with Gasteiger partial charge in [-0.1, -0.05) is 34.1 Å². The first kappa shape index (κ1) is 10.2. The van der Waals surface area contributed by atoms with E-state index in [9.17, 15) is 0 Å². The Morgan fingerprint density at radius 2 is 2.07 bits per heavy atom. The molecule has 0 spiro atoms. The third-order valence-electron chi connectivity index (χ3n) is 2.33. The van der Waals surface area contributed by atoms with Crippen molar-refractivity contribution in [2.75, 3.05) is 12.4 Å². The van der Waals surface area contributed by atoms with Crippen molar-refractivity contribution >= 4 is 21.6 Å². The lowest BCUT2D eigenvalue weighted by atomic mass is 10.1. The highest BCUT2D eigenvalue weighted by molar-refractivity contribution is 9.10. The van der Waals surface area contributed by atoms with Crippen LogP contribution >= 0.6 is 15.9 Å². The molecular weight excluding hydrogens is 254 g/mol. The minimum absolute atomic E-state index is 0.947. The summed E-state index contributed by atoms with van der Waals surface area (Å²) >= 11 is 3.52. The van der Waals surface area contributed by atoms with Gasteiger partial charge in [-0.3, -0.25) is 5.10 Å². The van der Waals surface area contributed by atoms with Gasteiger partial charge < -0.3 is 5.32 Å². The van der Waals surface area contributed by atoms with Crippen LogP contribution in [0.4, 0.5) is 5.69 Å². The molecule has 2 rings (SSSR count). The Balaban J connectivity index is 2.59. The van der Waals surface area contributed by atoms with E-state index < -0.39 is 0 Å². The smallest absolute Gasteiger partial charge is 0.117 e. The molecule has 1 heterocycles. The van der Waals surface area contributed by atoms with Gasteiger partial charge in [-0.15, -0.1) is 0 Å². The molecule has 0 aliphatic heterocycles. The van der Waals surface area contributed by atoms with Gasteiger partial charge in [-0.05, 0) is 13.0 Å². The summed E-state index contributed by atoms with van der Waals surface area (Å²) < 4.78 is 1.05. The number of anilines is 1. The first-order valence-electron chi connectivity index (χ1n) is 4.71. The highest BCUT2D eigenvalue weighted by Crippen LogP contribution is 2.32. The molecule has 0 fully saturated rings. The third-order valence-corrected chi connectivity index (χ3v) is 3.02. The molecule has 0 bridgehead atoms. The van der Waals surface area contributed by atoms with Gasteiger partial charge in [0, 0.05) is 17.1 Å². The van der Waals surface area contributed by atoms with Crippen LogP contribution in [-0.4, -0.2) is 17.2 Å². The van der Waals surface area contributed by atoms with E-state index in [0.717, 1.165) is 27.1 Å². The van der Waals surface area contributed by atoms with Crippen LogP contribution in [0, 0.1) is 6.92 Å². The second kappa shape index (κ2) is 4.06. The molecule has 0 aliphatic carbocycles. The standard InChI is InChI=1S/C11H12BrN3/c1-7-10(13-2)11(15-14-7)8-5-3-4-6-9(8)12/h3-6,13H,1-2H3,(H,14,15). The van der Waals surface area contributed by atoms with Crippen LogP contribution in [0.3, 0.4) is 0 Å². The molecule has 0 atom stereocenters. The van der Waals surface area contributed by atoms with E-state index in [1.165, 1.54) is 0 Å². The van der Waals surface area contributed by atoms with Crippen molar-refractivity contribution < 1.29 is 0 Å². The molecule has 0 saturated carbocycles. The average Bonchev–Trinajstić information content (AvgIpc) is 2.60. The number of aromatic amines is 1. The molecule has 2 N–H and O–H groups in total. The van der Waals surface area contributed by atoms with Crippen molar-refractivity contribution in [2.24, 2.45) is 0 Å². The van der Waals surface area contributed by atoms with Gasteiger partial charge in [-0.2, -0.15) is 5.10 Å². The van der Waals surface area contributed by atoms with Crippen LogP contribution < -0.4 is 5.32 Å². The van der Waals surface area contributed by atoms with Gasteiger partial charge in [-0.25, -0.2) is 0 Å². The minimum Gasteiger partial charge on any atom is -0.385 e. The highest BCUT2D eigenvalue weighted by Gasteiger charge is 2.12. The van der Waals surface area contributed by atoms with E-state index in [1.807, 2.05) is 38.2 Å². The minimum atomic E-state index is 0.947. The van der Waals surface area contributed by atoms with E-state index in [2.05, 4.69) is 31.4 Å². The summed E-state index contributed by atoms with van der Waals surface area (Å²) in [5.74, 6) is 0. The second-order valence-corrected chi connectivity index (χ2v) is 4.16. The fraction of sp³-hybridized carbons (Fsp3) is 0.182. The number of aromatic nitrogens is 2. The Bertz CT molecular complexity index is 476. The van der Waals surface area contributed by atoms with Gasteiger partial charge in [0.25, 0.3) is 0 Å². The molecule has 1 aromatic heterocycles. The van der Waals surface area contributed by atoms with E-state index in [-0.39, 0.29) is 0 Å². The average molecular weight is 266 g/mol. The summed E-state index contributed by atoms with van der Waals surface area (Å²) in [5, 5.41) is 10.4. The summed E-state index contributed by atoms with van der Waals surface area (Å²) in [6.45, 7) is 2.00. The fourth-order valence-electron chi connectivity index (χ4n) is 1.58. The number of hydrogen-bond donors (Lipinski definition) is 2. The van der Waals surface area contributed by atoms with Gasteiger partial charge in [0.1, 0.15) is 5.69 Å². The van der Waals surface area contributed by atoms with Crippen LogP contribution in [0.5, 0.6) is 0 Å². The van der Waals surface area contributed by atoms with Crippen LogP contribution in [-0.2, 0) is 0 Å². The maximum Gasteiger partial charge on any atom is 0.117 e. The molecular formula is C11H12BrN3. The molecule has 0 unspecified atom stereocenters. The summed E-state index contributed by atoms with van der Waals surface area (Å²) in [4.78, 5) is 0. The zero-order valence-electron chi connectivity index (χ0n) is 8.63. The monoisotopic (exact) mass is 265 g/mol. The summed E-state index contributed by atoms with van der Waals surface area (Å²) in [6.07, 6.45) is 0. The van der Waals surface area contributed by atoms with Crippen molar-refractivity contribution in [3.63, 3.8) is 0 Å². The maximum absolute atomic E-state index is 4.30. The molecule has 0 aliphatic rings. The first-order valence-corrected chi connectivity index (χ1v) is 5.51. The Kier molecular flexibility index (Phi) is 2.77. The number of rotatable bonds is 2. The topological polar surface area (TPSA) is 40.7 Å². The van der Waals surface area contributed by atoms with Crippen LogP contribution in [0.2, 0.25) is 0 Å². The SMILES string of the molecule is CNc1c(-c2ccccc2Br)n[nH]c1C. The highest BCUT2D eigenvalue weighted by atomic mass is 79.9. The Morgan fingerprint density at radius 1 is 1.33 bits per heavy atom. The van der Waals surface area contributed by atoms with Crippen LogP contribution in [0.15, 0.2) is 28.7 Å². The predicted octanol–water partition coefficient (Wildman–Crippen LogP) is 3.19. The number of benzene rings is 1. The Morgan fingerprint density at radius 3 is 2.73 bits per heavy atom. The number of nitrogens with zero attached hydrogens (tertiary/aromatic N) is 1. The summed E-state index contributed by atoms with van der Waals surface area (Å²) in [7, 11) is 1.90. The van der Waals surface area contributed by atoms with Gasteiger partial charge in [0.05, 0.1) is 11.4 Å². The largest absolute Gasteiger partial charge is 0.385 e. The van der Waals surface area contributed by atoms with Crippen LogP contribution in [0.25, 0.3) is 11.3 Å². The van der Waals surface area contributed by atoms with Crippen LogP contribution in [0.1, 0.15) is 5.69 Å². The molecule has 2 aromatic rings. The number of nitrogens with one attached hydrogen (secondary N) is 2. The third kappa shape index (κ3) is 1.77. The number of aryl methyl sites for hydroxylation is 1. The quantitative estimate of drug-likeness (QED) is 0.876. The van der Waals surface area contributed by atoms with E-state index >= 15 is 0 Å². The Labute approximate surface area is 97.0 Å². The molecule has 4 heteroatoms. The molecule has 0 saturated heterocycles. The maximum atomic E-state index is 4.30. The summed E-state index contributed by atoms with van der Waals surface area (Å²) in [6, 6.07) is 8.05. The van der Waals surface area contributed by atoms with E-state index in [1.54, 1.807) is 0 Å². The normalized spacial score (nSPS) is 10.3. The first-order chi connectivity index (χ1) is 7.24. The van der Waals surface area contributed by atoms with Crippen molar-refractivity contribution in [3.05, 3.63) is 34.4 Å². The van der Waals surface area contributed by atoms with E-state index in [4.69, 9.17) is 0 Å². The lowest BCUT2D eigenvalue weighted by Gasteiger charge is -2.04. The predicted molar refractivity (Wildman–Crippen MR) is 66.0 cm³/mol. The lowest BCUT2D eigenvalue weighted by Crippen LogP contribution is -1.91.